The summed E-state index contributed by atoms with van der Waals surface area (Å²) in [5.74, 6) is -1.94. The van der Waals surface area contributed by atoms with Gasteiger partial charge in [0.1, 0.15) is 18.9 Å². The van der Waals surface area contributed by atoms with Crippen LogP contribution in [-0.4, -0.2) is 122 Å². The Labute approximate surface area is 321 Å². The Balaban J connectivity index is 1.05. The third-order valence-electron chi connectivity index (χ3n) is 10.9. The summed E-state index contributed by atoms with van der Waals surface area (Å²) < 4.78 is 11.0. The highest BCUT2D eigenvalue weighted by Gasteiger charge is 2.60. The lowest BCUT2D eigenvalue weighted by atomic mass is 9.79. The molecule has 0 bridgehead atoms. The minimum Gasteiger partial charge on any atom is -0.456 e. The number of nitro benzene ring substituents is 2. The molecule has 1 N–H and O–H groups in total. The number of benzene rings is 2. The molecule has 4 heterocycles. The molecular formula is C37H44N6O11S. The molecule has 17 nitrogen and oxygen atoms in total. The van der Waals surface area contributed by atoms with Crippen molar-refractivity contribution in [2.75, 3.05) is 40.3 Å². The molecule has 0 spiro atoms. The monoisotopic (exact) mass is 780 g/mol. The van der Waals surface area contributed by atoms with Gasteiger partial charge in [-0.2, -0.15) is 0 Å². The minimum absolute atomic E-state index is 0.0131. The number of likely N-dealkylation sites (N-methyl/N-ethyl adjacent to an activating group) is 1. The van der Waals surface area contributed by atoms with Crippen molar-refractivity contribution in [2.45, 2.75) is 63.3 Å². The highest BCUT2D eigenvalue weighted by Crippen LogP contribution is 2.52. The van der Waals surface area contributed by atoms with Gasteiger partial charge in [0, 0.05) is 73.6 Å². The molecule has 2 aromatic rings. The van der Waals surface area contributed by atoms with Crippen molar-refractivity contribution in [3.05, 3.63) is 90.5 Å². The van der Waals surface area contributed by atoms with E-state index in [9.17, 15) is 44.5 Å². The van der Waals surface area contributed by atoms with E-state index in [1.165, 1.54) is 70.1 Å². The zero-order valence-electron chi connectivity index (χ0n) is 30.9. The summed E-state index contributed by atoms with van der Waals surface area (Å²) in [6, 6.07) is 10.6. The summed E-state index contributed by atoms with van der Waals surface area (Å²) in [5.41, 5.74) is 1.17. The molecule has 6 rings (SSSR count). The Hall–Kier alpha value is -5.07. The van der Waals surface area contributed by atoms with Gasteiger partial charge in [0.2, 0.25) is 11.8 Å². The number of rotatable bonds is 13. The number of likely N-dealkylation sites (tertiary alicyclic amines) is 2. The molecule has 0 aliphatic carbocycles. The van der Waals surface area contributed by atoms with Crippen LogP contribution in [0.2, 0.25) is 0 Å². The number of β-lactam (4-membered cyclic amide) rings is 1. The van der Waals surface area contributed by atoms with E-state index in [4.69, 9.17) is 9.47 Å². The Bertz CT molecular complexity index is 1870. The van der Waals surface area contributed by atoms with Crippen LogP contribution in [-0.2, 0) is 37.1 Å². The van der Waals surface area contributed by atoms with Gasteiger partial charge in [-0.05, 0) is 68.1 Å². The molecule has 0 saturated carbocycles. The number of hydrogen-bond donors (Lipinski definition) is 1. The van der Waals surface area contributed by atoms with Gasteiger partial charge in [-0.15, -0.1) is 11.8 Å². The molecule has 7 atom stereocenters. The predicted molar refractivity (Wildman–Crippen MR) is 198 cm³/mol. The molecule has 55 heavy (non-hydrogen) atoms. The van der Waals surface area contributed by atoms with Crippen LogP contribution >= 0.6 is 11.8 Å². The molecule has 0 radical (unpaired) electrons. The molecule has 3 fully saturated rings. The second-order valence-corrected chi connectivity index (χ2v) is 16.0. The van der Waals surface area contributed by atoms with Gasteiger partial charge in [-0.3, -0.25) is 34.7 Å². The Morgan fingerprint density at radius 2 is 1.56 bits per heavy atom. The molecule has 4 aliphatic rings. The van der Waals surface area contributed by atoms with Gasteiger partial charge in [-0.25, -0.2) is 9.59 Å². The first-order chi connectivity index (χ1) is 26.1. The number of fused-ring (bicyclic) bond motifs is 1. The maximum absolute atomic E-state index is 13.8. The number of nitrogens with zero attached hydrogens (tertiary/aromatic N) is 6. The minimum atomic E-state index is -0.908. The number of ether oxygens (including phenoxy) is 2. The van der Waals surface area contributed by atoms with Crippen molar-refractivity contribution in [2.24, 2.45) is 17.8 Å². The number of thioether (sulfide) groups is 1. The van der Waals surface area contributed by atoms with Gasteiger partial charge < -0.3 is 29.3 Å². The smallest absolute Gasteiger partial charge is 0.409 e. The highest BCUT2D eigenvalue weighted by atomic mass is 32.2. The molecule has 3 amide bonds. The van der Waals surface area contributed by atoms with E-state index in [1.807, 2.05) is 23.8 Å². The second-order valence-electron chi connectivity index (χ2n) is 14.7. The van der Waals surface area contributed by atoms with Crippen LogP contribution in [0.1, 0.15) is 37.8 Å². The quantitative estimate of drug-likeness (QED) is 0.134. The second kappa shape index (κ2) is 16.3. The Morgan fingerprint density at radius 1 is 0.982 bits per heavy atom. The number of aliphatic hydroxyl groups excluding tert-OH is 1. The Morgan fingerprint density at radius 3 is 2.13 bits per heavy atom. The van der Waals surface area contributed by atoms with E-state index in [-0.39, 0.29) is 59.2 Å². The zero-order valence-corrected chi connectivity index (χ0v) is 31.8. The molecular weight excluding hydrogens is 737 g/mol. The van der Waals surface area contributed by atoms with Gasteiger partial charge in [-0.1, -0.05) is 6.92 Å². The molecule has 3 saturated heterocycles. The average molecular weight is 781 g/mol. The third kappa shape index (κ3) is 8.30. The Kier molecular flexibility index (Phi) is 11.8. The van der Waals surface area contributed by atoms with Crippen LogP contribution in [0.25, 0.3) is 0 Å². The SMILES string of the molecule is C[C@@H](O)[C@H]1C(=O)N2C(C(=O)OCc3ccc([N+](=O)[O-])cc3)=C(S[C@H]3C[C@@H](C(=O)N4CC[C@H](CN(C)C(=O)OCc5ccc([N+](=O)[O-])cc5)C4)N(C)C3)[C@H](C)[C@H]12. The number of carbonyl (C=O) groups excluding carboxylic acids is 4. The van der Waals surface area contributed by atoms with E-state index in [1.54, 1.807) is 14.0 Å². The number of aliphatic hydroxyl groups is 1. The van der Waals surface area contributed by atoms with E-state index >= 15 is 0 Å². The highest BCUT2D eigenvalue weighted by molar-refractivity contribution is 8.03. The van der Waals surface area contributed by atoms with Gasteiger partial charge >= 0.3 is 12.1 Å². The first-order valence-corrected chi connectivity index (χ1v) is 18.9. The molecule has 0 unspecified atom stereocenters. The van der Waals surface area contributed by atoms with E-state index in [0.29, 0.717) is 55.1 Å². The first-order valence-electron chi connectivity index (χ1n) is 18.1. The normalized spacial score (nSPS) is 25.4. The lowest BCUT2D eigenvalue weighted by molar-refractivity contribution is -0.385. The molecule has 0 aromatic heterocycles. The maximum atomic E-state index is 13.8. The number of amides is 3. The third-order valence-corrected chi connectivity index (χ3v) is 12.4. The number of hydrogen-bond acceptors (Lipinski definition) is 13. The fourth-order valence-corrected chi connectivity index (χ4v) is 9.52. The van der Waals surface area contributed by atoms with E-state index < -0.39 is 46.0 Å². The summed E-state index contributed by atoms with van der Waals surface area (Å²) in [6.07, 6.45) is -0.216. The standard InChI is InChI=1S/C37H44N6O11S/c1-21-31-30(22(2)44)35(46)41(31)32(36(47)53-19-23-5-9-26(10-6-23)42(49)50)33(21)55-28-15-29(38(3)18-28)34(45)40-14-13-25(17-40)16-39(4)37(48)54-20-24-7-11-27(12-8-24)43(51)52/h5-12,21-22,25,28-31,44H,13-20H2,1-4H3/t21-,22-,25-,28+,29+,30-,31-/m1/s1. The van der Waals surface area contributed by atoms with Crippen LogP contribution < -0.4 is 0 Å². The molecule has 2 aromatic carbocycles. The predicted octanol–water partition coefficient (Wildman–Crippen LogP) is 3.54. The number of esters is 1. The van der Waals surface area contributed by atoms with Crippen molar-refractivity contribution < 1.29 is 43.6 Å². The summed E-state index contributed by atoms with van der Waals surface area (Å²) in [7, 11) is 3.52. The van der Waals surface area contributed by atoms with Crippen LogP contribution in [0.15, 0.2) is 59.1 Å². The maximum Gasteiger partial charge on any atom is 0.409 e. The number of non-ortho nitro benzene ring substituents is 2. The van der Waals surface area contributed by atoms with Crippen molar-refractivity contribution in [3.63, 3.8) is 0 Å². The average Bonchev–Trinajstić information content (AvgIpc) is 3.84. The summed E-state index contributed by atoms with van der Waals surface area (Å²) in [5, 5.41) is 32.2. The van der Waals surface area contributed by atoms with Crippen LogP contribution in [0, 0.1) is 38.0 Å². The summed E-state index contributed by atoms with van der Waals surface area (Å²) in [6.45, 7) is 5.27. The van der Waals surface area contributed by atoms with Gasteiger partial charge in [0.25, 0.3) is 11.4 Å². The van der Waals surface area contributed by atoms with Gasteiger partial charge in [0.15, 0.2) is 0 Å². The molecule has 18 heteroatoms. The zero-order chi connectivity index (χ0) is 39.7. The van der Waals surface area contributed by atoms with Crippen LogP contribution in [0.3, 0.4) is 0 Å². The molecule has 294 valence electrons. The lowest BCUT2D eigenvalue weighted by Gasteiger charge is -2.46. The lowest BCUT2D eigenvalue weighted by Crippen LogP contribution is -2.63. The number of nitro groups is 2. The van der Waals surface area contributed by atoms with Crippen LogP contribution in [0.5, 0.6) is 0 Å². The van der Waals surface area contributed by atoms with E-state index in [2.05, 4.69) is 0 Å². The fourth-order valence-electron chi connectivity index (χ4n) is 7.93. The fraction of sp³-hybridized carbons (Fsp3) is 0.514. The van der Waals surface area contributed by atoms with Crippen molar-refractivity contribution in [1.82, 2.24) is 19.6 Å². The largest absolute Gasteiger partial charge is 0.456 e. The first kappa shape index (κ1) is 39.6. The van der Waals surface area contributed by atoms with Crippen LogP contribution in [0.4, 0.5) is 16.2 Å². The van der Waals surface area contributed by atoms with Gasteiger partial charge in [0.05, 0.1) is 34.0 Å². The molecule has 4 aliphatic heterocycles. The summed E-state index contributed by atoms with van der Waals surface area (Å²) in [4.78, 5) is 81.7. The van der Waals surface area contributed by atoms with E-state index in [0.717, 1.165) is 0 Å². The number of carbonyl (C=O) groups is 4. The van der Waals surface area contributed by atoms with Crippen molar-refractivity contribution in [1.29, 1.82) is 0 Å². The topological polar surface area (TPSA) is 206 Å². The van der Waals surface area contributed by atoms with Crippen molar-refractivity contribution in [3.8, 4) is 0 Å². The summed E-state index contributed by atoms with van der Waals surface area (Å²) >= 11 is 1.46. The van der Waals surface area contributed by atoms with Crippen molar-refractivity contribution >= 4 is 47.0 Å².